The number of esters is 1. The summed E-state index contributed by atoms with van der Waals surface area (Å²) in [4.78, 5) is 25.1. The molecule has 0 saturated carbocycles. The molecule has 0 aromatic heterocycles. The summed E-state index contributed by atoms with van der Waals surface area (Å²) in [6.45, 7) is 1.84. The second kappa shape index (κ2) is 8.32. The Morgan fingerprint density at radius 3 is 2.70 bits per heavy atom. The Bertz CT molecular complexity index is 1010. The van der Waals surface area contributed by atoms with E-state index in [-0.39, 0.29) is 31.3 Å². The lowest BCUT2D eigenvalue weighted by molar-refractivity contribution is -0.139. The summed E-state index contributed by atoms with van der Waals surface area (Å²) in [6, 6.07) is 9.30. The van der Waals surface area contributed by atoms with E-state index < -0.39 is 23.9 Å². The maximum absolute atomic E-state index is 13.1. The minimum Gasteiger partial charge on any atom is -0.487 e. The minimum absolute atomic E-state index is 0.106. The number of benzene rings is 2. The predicted octanol–water partition coefficient (Wildman–Crippen LogP) is 2.80. The van der Waals surface area contributed by atoms with Gasteiger partial charge in [0, 0.05) is 0 Å². The van der Waals surface area contributed by atoms with E-state index in [0.717, 1.165) is 0 Å². The number of urea groups is 1. The van der Waals surface area contributed by atoms with E-state index in [0.29, 0.717) is 22.8 Å². The van der Waals surface area contributed by atoms with Crippen LogP contribution in [0.4, 0.5) is 9.18 Å². The van der Waals surface area contributed by atoms with Gasteiger partial charge in [0.05, 0.1) is 23.9 Å². The van der Waals surface area contributed by atoms with E-state index in [1.54, 1.807) is 25.1 Å². The second-order valence-corrected chi connectivity index (χ2v) is 6.50. The van der Waals surface area contributed by atoms with Crippen LogP contribution >= 0.6 is 0 Å². The molecule has 0 aliphatic carbocycles. The molecule has 0 radical (unpaired) electrons. The van der Waals surface area contributed by atoms with Crippen molar-refractivity contribution in [3.05, 3.63) is 65.1 Å². The van der Waals surface area contributed by atoms with Crippen molar-refractivity contribution >= 4 is 12.0 Å². The molecule has 2 aliphatic heterocycles. The Balaban J connectivity index is 1.68. The first-order chi connectivity index (χ1) is 14.5. The molecule has 1 atom stereocenters. The minimum atomic E-state index is -0.779. The first-order valence-electron chi connectivity index (χ1n) is 9.30. The molecule has 2 N–H and O–H groups in total. The molecule has 4 rings (SSSR count). The van der Waals surface area contributed by atoms with Gasteiger partial charge < -0.3 is 29.6 Å². The van der Waals surface area contributed by atoms with Crippen molar-refractivity contribution in [1.29, 1.82) is 0 Å². The number of hydrogen-bond donors (Lipinski definition) is 2. The molecule has 2 aromatic rings. The predicted molar refractivity (Wildman–Crippen MR) is 103 cm³/mol. The van der Waals surface area contributed by atoms with Crippen LogP contribution in [0.25, 0.3) is 0 Å². The molecule has 2 aromatic carbocycles. The maximum atomic E-state index is 13.1. The standard InChI is InChI=1S/C21H19FN2O6/c1-2-27-20(25)18-15(10-28-14-6-4-13(22)5-7-14)23-21(26)24-19(18)12-3-8-16-17(9-12)30-11-29-16/h3-9,19H,2,10-11H2,1H3,(H2,23,24,26)/t19-/m0/s1. The summed E-state index contributed by atoms with van der Waals surface area (Å²) in [6.07, 6.45) is 0. The Morgan fingerprint density at radius 1 is 1.17 bits per heavy atom. The number of amides is 2. The monoisotopic (exact) mass is 414 g/mol. The Hall–Kier alpha value is -3.75. The Kier molecular flexibility index (Phi) is 5.42. The van der Waals surface area contributed by atoms with Gasteiger partial charge in [-0.25, -0.2) is 14.0 Å². The van der Waals surface area contributed by atoms with Crippen molar-refractivity contribution in [2.45, 2.75) is 13.0 Å². The van der Waals surface area contributed by atoms with Crippen LogP contribution in [0.1, 0.15) is 18.5 Å². The number of nitrogens with one attached hydrogen (secondary N) is 2. The lowest BCUT2D eigenvalue weighted by atomic mass is 9.95. The van der Waals surface area contributed by atoms with Gasteiger partial charge >= 0.3 is 12.0 Å². The molecule has 156 valence electrons. The molecule has 0 saturated heterocycles. The van der Waals surface area contributed by atoms with Crippen molar-refractivity contribution in [1.82, 2.24) is 10.6 Å². The topological polar surface area (TPSA) is 95.1 Å². The van der Waals surface area contributed by atoms with E-state index >= 15 is 0 Å². The van der Waals surface area contributed by atoms with Crippen LogP contribution < -0.4 is 24.8 Å². The third-order valence-corrected chi connectivity index (χ3v) is 4.58. The number of hydrogen-bond acceptors (Lipinski definition) is 6. The smallest absolute Gasteiger partial charge is 0.338 e. The highest BCUT2D eigenvalue weighted by Crippen LogP contribution is 2.37. The van der Waals surface area contributed by atoms with Crippen LogP contribution in [0.5, 0.6) is 17.2 Å². The number of fused-ring (bicyclic) bond motifs is 1. The SMILES string of the molecule is CCOC(=O)C1=C(COc2ccc(F)cc2)NC(=O)N[C@H]1c1ccc2c(c1)OCO2. The summed E-state index contributed by atoms with van der Waals surface area (Å²) in [7, 11) is 0. The van der Waals surface area contributed by atoms with Crippen LogP contribution in [0.15, 0.2) is 53.7 Å². The zero-order valence-corrected chi connectivity index (χ0v) is 16.1. The quantitative estimate of drug-likeness (QED) is 0.706. The summed E-state index contributed by atoms with van der Waals surface area (Å²) >= 11 is 0. The fourth-order valence-electron chi connectivity index (χ4n) is 3.21. The van der Waals surface area contributed by atoms with Gasteiger partial charge in [-0.3, -0.25) is 0 Å². The molecule has 30 heavy (non-hydrogen) atoms. The molecule has 2 aliphatic rings. The number of carbonyl (C=O) groups excluding carboxylic acids is 2. The summed E-state index contributed by atoms with van der Waals surface area (Å²) in [5.74, 6) is 0.504. The molecular weight excluding hydrogens is 395 g/mol. The van der Waals surface area contributed by atoms with Crippen molar-refractivity contribution in [3.8, 4) is 17.2 Å². The zero-order chi connectivity index (χ0) is 21.1. The highest BCUT2D eigenvalue weighted by Gasteiger charge is 2.34. The molecule has 0 fully saturated rings. The van der Waals surface area contributed by atoms with Gasteiger partial charge in [-0.05, 0) is 48.9 Å². The fraction of sp³-hybridized carbons (Fsp3) is 0.238. The number of halogens is 1. The van der Waals surface area contributed by atoms with Crippen LogP contribution in [0.2, 0.25) is 0 Å². The molecule has 9 heteroatoms. The largest absolute Gasteiger partial charge is 0.487 e. The van der Waals surface area contributed by atoms with Crippen molar-refractivity contribution in [2.75, 3.05) is 20.0 Å². The van der Waals surface area contributed by atoms with Crippen molar-refractivity contribution in [3.63, 3.8) is 0 Å². The molecular formula is C21H19FN2O6. The van der Waals surface area contributed by atoms with Gasteiger partial charge in [-0.1, -0.05) is 6.07 Å². The average Bonchev–Trinajstić information content (AvgIpc) is 3.21. The van der Waals surface area contributed by atoms with Crippen LogP contribution in [0, 0.1) is 5.82 Å². The Morgan fingerprint density at radius 2 is 1.93 bits per heavy atom. The van der Waals surface area contributed by atoms with E-state index in [1.165, 1.54) is 24.3 Å². The van der Waals surface area contributed by atoms with Gasteiger partial charge in [-0.15, -0.1) is 0 Å². The molecule has 0 bridgehead atoms. The summed E-state index contributed by atoms with van der Waals surface area (Å²) in [5, 5.41) is 5.35. The normalized spacial score (nSPS) is 17.3. The van der Waals surface area contributed by atoms with Gasteiger partial charge in [0.1, 0.15) is 18.2 Å². The molecule has 0 unspecified atom stereocenters. The van der Waals surface area contributed by atoms with E-state index in [9.17, 15) is 14.0 Å². The van der Waals surface area contributed by atoms with Crippen molar-refractivity contribution < 1.29 is 32.9 Å². The third-order valence-electron chi connectivity index (χ3n) is 4.58. The van der Waals surface area contributed by atoms with E-state index in [2.05, 4.69) is 10.6 Å². The van der Waals surface area contributed by atoms with E-state index in [4.69, 9.17) is 18.9 Å². The number of ether oxygens (including phenoxy) is 4. The van der Waals surface area contributed by atoms with Crippen LogP contribution in [-0.4, -0.2) is 32.0 Å². The molecule has 0 spiro atoms. The molecule has 2 heterocycles. The lowest BCUT2D eigenvalue weighted by Crippen LogP contribution is -2.47. The first kappa shape index (κ1) is 19.6. The molecule has 2 amide bonds. The summed E-state index contributed by atoms with van der Waals surface area (Å²) < 4.78 is 34.7. The van der Waals surface area contributed by atoms with Crippen LogP contribution in [0.3, 0.4) is 0 Å². The fourth-order valence-corrected chi connectivity index (χ4v) is 3.21. The second-order valence-electron chi connectivity index (χ2n) is 6.50. The zero-order valence-electron chi connectivity index (χ0n) is 16.1. The maximum Gasteiger partial charge on any atom is 0.338 e. The summed E-state index contributed by atoms with van der Waals surface area (Å²) in [5.41, 5.74) is 1.08. The van der Waals surface area contributed by atoms with Crippen LogP contribution in [-0.2, 0) is 9.53 Å². The van der Waals surface area contributed by atoms with Gasteiger partial charge in [-0.2, -0.15) is 0 Å². The highest BCUT2D eigenvalue weighted by molar-refractivity contribution is 5.95. The van der Waals surface area contributed by atoms with Gasteiger partial charge in [0.2, 0.25) is 6.79 Å². The van der Waals surface area contributed by atoms with Crippen molar-refractivity contribution in [2.24, 2.45) is 0 Å². The average molecular weight is 414 g/mol. The van der Waals surface area contributed by atoms with E-state index in [1.807, 2.05) is 0 Å². The first-order valence-corrected chi connectivity index (χ1v) is 9.30. The number of rotatable bonds is 6. The van der Waals surface area contributed by atoms with Gasteiger partial charge in [0.15, 0.2) is 11.5 Å². The van der Waals surface area contributed by atoms with Gasteiger partial charge in [0.25, 0.3) is 0 Å². The highest BCUT2D eigenvalue weighted by atomic mass is 19.1. The number of carbonyl (C=O) groups is 2. The molecule has 8 nitrogen and oxygen atoms in total. The Labute approximate surface area is 171 Å². The third kappa shape index (κ3) is 4.00. The lowest BCUT2D eigenvalue weighted by Gasteiger charge is -2.29.